The second kappa shape index (κ2) is 9.17. The van der Waals surface area contributed by atoms with E-state index in [9.17, 15) is 24.5 Å². The molecule has 3 N–H and O–H groups in total. The fourth-order valence-corrected chi connectivity index (χ4v) is 3.64. The Labute approximate surface area is 179 Å². The number of nitrogens with zero attached hydrogens (tertiary/aromatic N) is 4. The van der Waals surface area contributed by atoms with Crippen molar-refractivity contribution < 1.29 is 24.4 Å². The molecule has 1 aliphatic heterocycles. The molecule has 2 amide bonds. The van der Waals surface area contributed by atoms with Gasteiger partial charge in [-0.1, -0.05) is 30.0 Å². The molecule has 2 aromatic rings. The van der Waals surface area contributed by atoms with Gasteiger partial charge in [-0.05, 0) is 24.3 Å². The third-order valence-electron chi connectivity index (χ3n) is 4.21. The van der Waals surface area contributed by atoms with Crippen LogP contribution in [0.25, 0.3) is 0 Å². The van der Waals surface area contributed by atoms with E-state index < -0.39 is 28.0 Å². The Balaban J connectivity index is 1.71. The number of carbonyl (C=O) groups is 3. The highest BCUT2D eigenvalue weighted by atomic mass is 32.2. The zero-order valence-corrected chi connectivity index (χ0v) is 16.6. The molecule has 12 heteroatoms. The lowest BCUT2D eigenvalue weighted by molar-refractivity contribution is -0.385. The average Bonchev–Trinajstić information content (AvgIpc) is 3.01. The number of hydrogen-bond acceptors (Lipinski definition) is 8. The van der Waals surface area contributed by atoms with Gasteiger partial charge in [0, 0.05) is 12.5 Å². The molecule has 1 atom stereocenters. The number of hydrogen-bond donors (Lipinski definition) is 2. The van der Waals surface area contributed by atoms with Crippen molar-refractivity contribution in [2.75, 3.05) is 4.90 Å². The molecule has 1 aliphatic rings. The number of aromatic carboxylic acids is 1. The van der Waals surface area contributed by atoms with E-state index in [-0.39, 0.29) is 34.1 Å². The predicted molar refractivity (Wildman–Crippen MR) is 114 cm³/mol. The van der Waals surface area contributed by atoms with E-state index in [0.29, 0.717) is 0 Å². The Hall–Kier alpha value is -4.06. The van der Waals surface area contributed by atoms with Crippen molar-refractivity contribution in [2.24, 2.45) is 15.9 Å². The number of nitrogens with two attached hydrogens (primary N) is 1. The van der Waals surface area contributed by atoms with Gasteiger partial charge in [0.1, 0.15) is 5.25 Å². The zero-order chi connectivity index (χ0) is 22.5. The number of nitro groups is 1. The minimum Gasteiger partial charge on any atom is -0.478 e. The number of thioether (sulfide) groups is 1. The van der Waals surface area contributed by atoms with Crippen LogP contribution in [0.4, 0.5) is 11.4 Å². The number of amidine groups is 1. The number of amides is 2. The van der Waals surface area contributed by atoms with E-state index in [1.54, 1.807) is 6.07 Å². The van der Waals surface area contributed by atoms with Crippen LogP contribution < -0.4 is 10.6 Å². The molecule has 0 aromatic heterocycles. The molecule has 0 radical (unpaired) electrons. The van der Waals surface area contributed by atoms with Gasteiger partial charge in [-0.3, -0.25) is 19.7 Å². The lowest BCUT2D eigenvalue weighted by atomic mass is 10.2. The zero-order valence-electron chi connectivity index (χ0n) is 15.7. The van der Waals surface area contributed by atoms with Crippen LogP contribution in [0.3, 0.4) is 0 Å². The van der Waals surface area contributed by atoms with E-state index in [1.165, 1.54) is 42.5 Å². The van der Waals surface area contributed by atoms with Gasteiger partial charge in [0.2, 0.25) is 11.8 Å². The van der Waals surface area contributed by atoms with Crippen LogP contribution in [-0.4, -0.2) is 44.4 Å². The number of carboxylic acids is 1. The first-order chi connectivity index (χ1) is 14.8. The Kier molecular flexibility index (Phi) is 6.40. The predicted octanol–water partition coefficient (Wildman–Crippen LogP) is 2.01. The van der Waals surface area contributed by atoms with E-state index in [0.717, 1.165) is 22.9 Å². The molecule has 11 nitrogen and oxygen atoms in total. The van der Waals surface area contributed by atoms with Gasteiger partial charge in [-0.25, -0.2) is 9.69 Å². The number of carboxylic acid groups (broad SMARTS) is 1. The van der Waals surface area contributed by atoms with Crippen molar-refractivity contribution >= 4 is 52.3 Å². The van der Waals surface area contributed by atoms with Crippen molar-refractivity contribution in [3.05, 3.63) is 69.8 Å². The Morgan fingerprint density at radius 2 is 2.00 bits per heavy atom. The Morgan fingerprint density at radius 1 is 1.26 bits per heavy atom. The lowest BCUT2D eigenvalue weighted by Gasteiger charge is -2.15. The smallest absolute Gasteiger partial charge is 0.335 e. The molecule has 1 saturated heterocycles. The second-order valence-electron chi connectivity index (χ2n) is 6.23. The average molecular weight is 441 g/mol. The largest absolute Gasteiger partial charge is 0.478 e. The number of para-hydroxylation sites is 1. The third-order valence-corrected chi connectivity index (χ3v) is 5.18. The number of imide groups is 1. The van der Waals surface area contributed by atoms with Gasteiger partial charge < -0.3 is 10.8 Å². The summed E-state index contributed by atoms with van der Waals surface area (Å²) in [6.07, 6.45) is 1.02. The van der Waals surface area contributed by atoms with Crippen molar-refractivity contribution in [3.63, 3.8) is 0 Å². The molecule has 0 bridgehead atoms. The molecule has 2 aromatic carbocycles. The number of carbonyl (C=O) groups excluding carboxylic acids is 2. The molecule has 1 heterocycles. The van der Waals surface area contributed by atoms with E-state index in [1.807, 2.05) is 0 Å². The third kappa shape index (κ3) is 4.93. The summed E-state index contributed by atoms with van der Waals surface area (Å²) in [6.45, 7) is 0. The van der Waals surface area contributed by atoms with Gasteiger partial charge >= 0.3 is 5.97 Å². The van der Waals surface area contributed by atoms with E-state index >= 15 is 0 Å². The molecule has 0 saturated carbocycles. The molecule has 0 spiro atoms. The van der Waals surface area contributed by atoms with Gasteiger partial charge in [0.25, 0.3) is 5.69 Å². The first-order valence-electron chi connectivity index (χ1n) is 8.74. The number of rotatable bonds is 6. The van der Waals surface area contributed by atoms with E-state index in [2.05, 4.69) is 10.2 Å². The van der Waals surface area contributed by atoms with Gasteiger partial charge in [0.05, 0.1) is 28.0 Å². The van der Waals surface area contributed by atoms with Crippen LogP contribution >= 0.6 is 11.8 Å². The molecule has 158 valence electrons. The maximum Gasteiger partial charge on any atom is 0.335 e. The van der Waals surface area contributed by atoms with Crippen LogP contribution in [-0.2, 0) is 9.59 Å². The normalized spacial score (nSPS) is 16.8. The van der Waals surface area contributed by atoms with Crippen molar-refractivity contribution in [1.29, 1.82) is 0 Å². The van der Waals surface area contributed by atoms with Crippen LogP contribution in [0.2, 0.25) is 0 Å². The first kappa shape index (κ1) is 21.6. The topological polar surface area (TPSA) is 169 Å². The second-order valence-corrected chi connectivity index (χ2v) is 7.46. The van der Waals surface area contributed by atoms with Gasteiger partial charge in [0.15, 0.2) is 5.17 Å². The highest BCUT2D eigenvalue weighted by molar-refractivity contribution is 8.14. The molecule has 3 rings (SSSR count). The molecule has 0 unspecified atom stereocenters. The SMILES string of the molecule is NC(=N/N=C\c1ccccc1[N+](=O)[O-])S[C@H]1CC(=O)N(c2cccc(C(=O)O)c2)C1=O. The molecule has 31 heavy (non-hydrogen) atoms. The molecular formula is C19H15N5O6S. The summed E-state index contributed by atoms with van der Waals surface area (Å²) in [5, 5.41) is 26.6. The van der Waals surface area contributed by atoms with Gasteiger partial charge in [-0.15, -0.1) is 5.10 Å². The Bertz CT molecular complexity index is 1130. The monoisotopic (exact) mass is 441 g/mol. The maximum atomic E-state index is 12.7. The van der Waals surface area contributed by atoms with Crippen molar-refractivity contribution in [2.45, 2.75) is 11.7 Å². The minimum atomic E-state index is -1.18. The molecular weight excluding hydrogens is 426 g/mol. The van der Waals surface area contributed by atoms with Gasteiger partial charge in [-0.2, -0.15) is 5.10 Å². The first-order valence-corrected chi connectivity index (χ1v) is 9.62. The summed E-state index contributed by atoms with van der Waals surface area (Å²) in [4.78, 5) is 47.5. The summed E-state index contributed by atoms with van der Waals surface area (Å²) in [5.74, 6) is -2.24. The summed E-state index contributed by atoms with van der Waals surface area (Å²) >= 11 is 0.825. The number of benzene rings is 2. The minimum absolute atomic E-state index is 0.0559. The van der Waals surface area contributed by atoms with Crippen LogP contribution in [0, 0.1) is 10.1 Å². The van der Waals surface area contributed by atoms with Crippen LogP contribution in [0.1, 0.15) is 22.3 Å². The van der Waals surface area contributed by atoms with E-state index in [4.69, 9.17) is 10.8 Å². The summed E-state index contributed by atoms with van der Waals surface area (Å²) in [6, 6.07) is 11.4. The van der Waals surface area contributed by atoms with Crippen molar-refractivity contribution in [3.8, 4) is 0 Å². The quantitative estimate of drug-likeness (QED) is 0.225. The fraction of sp³-hybridized carbons (Fsp3) is 0.105. The summed E-state index contributed by atoms with van der Waals surface area (Å²) < 4.78 is 0. The Morgan fingerprint density at radius 3 is 2.71 bits per heavy atom. The fourth-order valence-electron chi connectivity index (χ4n) is 2.83. The van der Waals surface area contributed by atoms with Crippen LogP contribution in [0.5, 0.6) is 0 Å². The van der Waals surface area contributed by atoms with Crippen LogP contribution in [0.15, 0.2) is 58.7 Å². The number of nitro benzene ring substituents is 1. The highest BCUT2D eigenvalue weighted by Crippen LogP contribution is 2.30. The summed E-state index contributed by atoms with van der Waals surface area (Å²) in [7, 11) is 0. The number of anilines is 1. The maximum absolute atomic E-state index is 12.7. The molecule has 1 fully saturated rings. The lowest BCUT2D eigenvalue weighted by Crippen LogP contribution is -2.32. The molecule has 0 aliphatic carbocycles. The van der Waals surface area contributed by atoms with Crippen molar-refractivity contribution in [1.82, 2.24) is 0 Å². The summed E-state index contributed by atoms with van der Waals surface area (Å²) in [5.41, 5.74) is 5.95. The highest BCUT2D eigenvalue weighted by Gasteiger charge is 2.40. The standard InChI is InChI=1S/C19H15N5O6S/c20-19(22-21-10-12-4-1-2-7-14(12)24(29)30)31-15-9-16(25)23(17(15)26)13-6-3-5-11(8-13)18(27)28/h1-8,10,15H,9H2,(H2,20,22)(H,27,28)/b21-10-/t15-/m0/s1.